The van der Waals surface area contributed by atoms with E-state index >= 15 is 0 Å². The van der Waals surface area contributed by atoms with Gasteiger partial charge in [-0.05, 0) is 12.8 Å². The van der Waals surface area contributed by atoms with E-state index in [9.17, 15) is 0 Å². The normalized spacial score (nSPS) is 31.6. The van der Waals surface area contributed by atoms with Crippen LogP contribution in [0.5, 0.6) is 0 Å². The molecular weight excluding hydrogens is 369 g/mol. The average Bonchev–Trinajstić information content (AvgIpc) is 2.42. The highest BCUT2D eigenvalue weighted by atomic mass is 127. The van der Waals surface area contributed by atoms with Crippen LogP contribution in [0.2, 0.25) is 0 Å². The van der Waals surface area contributed by atoms with Gasteiger partial charge in [-0.1, -0.05) is 13.8 Å². The number of nitrogens with zero attached hydrogens (tertiary/aromatic N) is 1. The van der Waals surface area contributed by atoms with Gasteiger partial charge in [-0.3, -0.25) is 4.99 Å². The SMILES string of the molecule is CN=C(NCCOC)NC1C2CCCOC2C1(C)C.I. The highest BCUT2D eigenvalue weighted by molar-refractivity contribution is 14.0. The molecule has 20 heavy (non-hydrogen) atoms. The first-order chi connectivity index (χ1) is 9.11. The summed E-state index contributed by atoms with van der Waals surface area (Å²) in [6.45, 7) is 6.93. The smallest absolute Gasteiger partial charge is 0.191 e. The summed E-state index contributed by atoms with van der Waals surface area (Å²) in [5.41, 5.74) is 0.171. The fourth-order valence-corrected chi connectivity index (χ4v) is 3.43. The van der Waals surface area contributed by atoms with Crippen LogP contribution >= 0.6 is 24.0 Å². The highest BCUT2D eigenvalue weighted by Crippen LogP contribution is 2.51. The van der Waals surface area contributed by atoms with Gasteiger partial charge in [-0.25, -0.2) is 0 Å². The fourth-order valence-electron chi connectivity index (χ4n) is 3.43. The molecule has 5 nitrogen and oxygen atoms in total. The van der Waals surface area contributed by atoms with Gasteiger partial charge in [-0.15, -0.1) is 24.0 Å². The second-order valence-electron chi connectivity index (χ2n) is 6.03. The Morgan fingerprint density at radius 2 is 2.20 bits per heavy atom. The van der Waals surface area contributed by atoms with E-state index < -0.39 is 0 Å². The number of hydrogen-bond donors (Lipinski definition) is 2. The number of ether oxygens (including phenoxy) is 2. The Morgan fingerprint density at radius 3 is 2.85 bits per heavy atom. The van der Waals surface area contributed by atoms with Crippen molar-refractivity contribution < 1.29 is 9.47 Å². The van der Waals surface area contributed by atoms with Crippen molar-refractivity contribution in [2.75, 3.05) is 33.9 Å². The molecule has 0 radical (unpaired) electrons. The zero-order chi connectivity index (χ0) is 13.9. The summed E-state index contributed by atoms with van der Waals surface area (Å²) in [5, 5.41) is 6.83. The largest absolute Gasteiger partial charge is 0.383 e. The number of guanidine groups is 1. The molecule has 3 unspecified atom stereocenters. The molecule has 0 bridgehead atoms. The van der Waals surface area contributed by atoms with Crippen molar-refractivity contribution in [1.29, 1.82) is 0 Å². The Bertz CT molecular complexity index is 336. The van der Waals surface area contributed by atoms with Crippen LogP contribution in [0.3, 0.4) is 0 Å². The molecule has 1 saturated heterocycles. The highest BCUT2D eigenvalue weighted by Gasteiger charge is 2.58. The predicted molar refractivity (Wildman–Crippen MR) is 91.8 cm³/mol. The van der Waals surface area contributed by atoms with Crippen LogP contribution < -0.4 is 10.6 Å². The van der Waals surface area contributed by atoms with Crippen LogP contribution in [0.15, 0.2) is 4.99 Å². The van der Waals surface area contributed by atoms with Gasteiger partial charge >= 0.3 is 0 Å². The molecule has 0 amide bonds. The lowest BCUT2D eigenvalue weighted by Gasteiger charge is -2.60. The van der Waals surface area contributed by atoms with Gasteiger partial charge in [0.05, 0.1) is 12.7 Å². The minimum Gasteiger partial charge on any atom is -0.383 e. The summed E-state index contributed by atoms with van der Waals surface area (Å²) >= 11 is 0. The zero-order valence-electron chi connectivity index (χ0n) is 12.9. The van der Waals surface area contributed by atoms with E-state index in [4.69, 9.17) is 9.47 Å². The molecule has 0 aromatic heterocycles. The maximum Gasteiger partial charge on any atom is 0.191 e. The third-order valence-electron chi connectivity index (χ3n) is 4.45. The van der Waals surface area contributed by atoms with Crippen molar-refractivity contribution in [3.8, 4) is 0 Å². The molecule has 3 atom stereocenters. The van der Waals surface area contributed by atoms with Crippen molar-refractivity contribution in [2.24, 2.45) is 16.3 Å². The lowest BCUT2D eigenvalue weighted by Crippen LogP contribution is -2.71. The Morgan fingerprint density at radius 1 is 1.45 bits per heavy atom. The first-order valence-electron chi connectivity index (χ1n) is 7.19. The van der Waals surface area contributed by atoms with Crippen LogP contribution in [-0.4, -0.2) is 52.0 Å². The topological polar surface area (TPSA) is 54.9 Å². The van der Waals surface area contributed by atoms with Crippen molar-refractivity contribution in [2.45, 2.75) is 38.8 Å². The second-order valence-corrected chi connectivity index (χ2v) is 6.03. The van der Waals surface area contributed by atoms with Gasteiger partial charge in [0, 0.05) is 44.7 Å². The molecule has 2 rings (SSSR count). The molecular formula is C14H28IN3O2. The van der Waals surface area contributed by atoms with E-state index in [-0.39, 0.29) is 29.4 Å². The second kappa shape index (κ2) is 7.79. The Balaban J connectivity index is 0.00000200. The Labute approximate surface area is 139 Å². The van der Waals surface area contributed by atoms with E-state index in [1.54, 1.807) is 7.11 Å². The minimum atomic E-state index is 0. The molecule has 1 aliphatic carbocycles. The maximum absolute atomic E-state index is 5.92. The van der Waals surface area contributed by atoms with Gasteiger partial charge in [0.25, 0.3) is 0 Å². The summed E-state index contributed by atoms with van der Waals surface area (Å²) in [4.78, 5) is 4.28. The van der Waals surface area contributed by atoms with Crippen molar-refractivity contribution in [3.63, 3.8) is 0 Å². The van der Waals surface area contributed by atoms with Crippen molar-refractivity contribution in [1.82, 2.24) is 10.6 Å². The molecule has 0 aromatic carbocycles. The van der Waals surface area contributed by atoms with E-state index in [1.165, 1.54) is 12.8 Å². The maximum atomic E-state index is 5.92. The molecule has 0 aromatic rings. The lowest BCUT2D eigenvalue weighted by molar-refractivity contribution is -0.188. The quantitative estimate of drug-likeness (QED) is 0.328. The van der Waals surface area contributed by atoms with Crippen LogP contribution in [0.25, 0.3) is 0 Å². The standard InChI is InChI=1S/C14H27N3O2.HI/c1-14(2)11(10-6-5-8-19-12(10)14)17-13(15-3)16-7-9-18-4;/h10-12H,5-9H2,1-4H3,(H2,15,16,17);1H. The predicted octanol–water partition coefficient (Wildman–Crippen LogP) is 1.62. The van der Waals surface area contributed by atoms with Gasteiger partial charge in [-0.2, -0.15) is 0 Å². The van der Waals surface area contributed by atoms with Crippen molar-refractivity contribution in [3.05, 3.63) is 0 Å². The first-order valence-corrected chi connectivity index (χ1v) is 7.19. The third-order valence-corrected chi connectivity index (χ3v) is 4.45. The van der Waals surface area contributed by atoms with Gasteiger partial charge in [0.15, 0.2) is 5.96 Å². The minimum absolute atomic E-state index is 0. The summed E-state index contributed by atoms with van der Waals surface area (Å²) < 4.78 is 11.0. The number of nitrogens with one attached hydrogen (secondary N) is 2. The lowest BCUT2D eigenvalue weighted by atomic mass is 9.55. The van der Waals surface area contributed by atoms with E-state index in [0.717, 1.165) is 19.1 Å². The molecule has 2 N–H and O–H groups in total. The molecule has 118 valence electrons. The summed E-state index contributed by atoms with van der Waals surface area (Å²) in [5.74, 6) is 1.48. The van der Waals surface area contributed by atoms with Gasteiger partial charge in [0.2, 0.25) is 0 Å². The van der Waals surface area contributed by atoms with Crippen LogP contribution in [-0.2, 0) is 9.47 Å². The number of hydrogen-bond acceptors (Lipinski definition) is 3. The summed E-state index contributed by atoms with van der Waals surface area (Å²) in [6.07, 6.45) is 2.82. The van der Waals surface area contributed by atoms with Gasteiger partial charge in [0.1, 0.15) is 0 Å². The summed E-state index contributed by atoms with van der Waals surface area (Å²) in [7, 11) is 3.51. The monoisotopic (exact) mass is 397 g/mol. The molecule has 1 aliphatic heterocycles. The zero-order valence-corrected chi connectivity index (χ0v) is 15.3. The van der Waals surface area contributed by atoms with Crippen LogP contribution in [0.1, 0.15) is 26.7 Å². The van der Waals surface area contributed by atoms with E-state index in [1.807, 2.05) is 7.05 Å². The Hall–Kier alpha value is -0.0800. The first kappa shape index (κ1) is 18.0. The van der Waals surface area contributed by atoms with E-state index in [2.05, 4.69) is 29.5 Å². The van der Waals surface area contributed by atoms with Crippen LogP contribution in [0.4, 0.5) is 0 Å². The third kappa shape index (κ3) is 3.57. The van der Waals surface area contributed by atoms with Crippen LogP contribution in [0, 0.1) is 11.3 Å². The molecule has 6 heteroatoms. The molecule has 2 fully saturated rings. The number of rotatable bonds is 4. The molecule has 2 aliphatic rings. The number of methoxy groups -OCH3 is 1. The number of aliphatic imine (C=N–C) groups is 1. The number of halogens is 1. The van der Waals surface area contributed by atoms with Crippen molar-refractivity contribution >= 4 is 29.9 Å². The average molecular weight is 397 g/mol. The Kier molecular flexibility index (Phi) is 7.00. The number of fused-ring (bicyclic) bond motifs is 1. The molecule has 1 saturated carbocycles. The fraction of sp³-hybridized carbons (Fsp3) is 0.929. The van der Waals surface area contributed by atoms with Gasteiger partial charge < -0.3 is 20.1 Å². The summed E-state index contributed by atoms with van der Waals surface area (Å²) in [6, 6.07) is 0.437. The molecule has 1 heterocycles. The molecule has 0 spiro atoms. The van der Waals surface area contributed by atoms with E-state index in [0.29, 0.717) is 24.7 Å².